The standard InChI is InChI=1S/C17H33N/c1-18-15-9-13-17(14-10-16-18)11-7-5-3-2-4-6-8-12-17/h2-16H2,1H3. The van der Waals surface area contributed by atoms with Crippen molar-refractivity contribution in [2.24, 2.45) is 5.41 Å². The minimum atomic E-state index is 0.749. The highest BCUT2D eigenvalue weighted by atomic mass is 15.1. The second-order valence-corrected chi connectivity index (χ2v) is 6.99. The van der Waals surface area contributed by atoms with Gasteiger partial charge < -0.3 is 4.90 Å². The molecule has 1 aliphatic heterocycles. The van der Waals surface area contributed by atoms with Gasteiger partial charge in [-0.05, 0) is 64.1 Å². The van der Waals surface area contributed by atoms with Crippen LogP contribution in [0.3, 0.4) is 0 Å². The van der Waals surface area contributed by atoms with Crippen molar-refractivity contribution in [2.75, 3.05) is 20.1 Å². The van der Waals surface area contributed by atoms with Gasteiger partial charge in [-0.15, -0.1) is 0 Å². The maximum atomic E-state index is 2.53. The van der Waals surface area contributed by atoms with Crippen LogP contribution in [0.2, 0.25) is 0 Å². The number of hydrogen-bond acceptors (Lipinski definition) is 1. The van der Waals surface area contributed by atoms with Crippen molar-refractivity contribution >= 4 is 0 Å². The molecule has 18 heavy (non-hydrogen) atoms. The summed E-state index contributed by atoms with van der Waals surface area (Å²) in [6.45, 7) is 2.67. The summed E-state index contributed by atoms with van der Waals surface area (Å²) in [6.07, 6.45) is 19.5. The van der Waals surface area contributed by atoms with E-state index >= 15 is 0 Å². The van der Waals surface area contributed by atoms with Gasteiger partial charge in [0.05, 0.1) is 0 Å². The van der Waals surface area contributed by atoms with Gasteiger partial charge in [-0.3, -0.25) is 0 Å². The molecule has 1 saturated heterocycles. The summed E-state index contributed by atoms with van der Waals surface area (Å²) in [6, 6.07) is 0. The van der Waals surface area contributed by atoms with Crippen molar-refractivity contribution in [3.63, 3.8) is 0 Å². The Balaban J connectivity index is 1.90. The predicted molar refractivity (Wildman–Crippen MR) is 80.0 cm³/mol. The molecule has 2 fully saturated rings. The monoisotopic (exact) mass is 251 g/mol. The van der Waals surface area contributed by atoms with Gasteiger partial charge >= 0.3 is 0 Å². The minimum absolute atomic E-state index is 0.749. The summed E-state index contributed by atoms with van der Waals surface area (Å²) in [5, 5.41) is 0. The van der Waals surface area contributed by atoms with Crippen molar-refractivity contribution in [2.45, 2.75) is 83.5 Å². The number of rotatable bonds is 0. The maximum Gasteiger partial charge on any atom is -0.00216 e. The first kappa shape index (κ1) is 14.4. The Kier molecular flexibility index (Phi) is 6.01. The van der Waals surface area contributed by atoms with Crippen molar-refractivity contribution in [3.05, 3.63) is 0 Å². The average Bonchev–Trinajstić information content (AvgIpc) is 2.35. The van der Waals surface area contributed by atoms with Crippen LogP contribution in [-0.4, -0.2) is 25.0 Å². The molecule has 0 aromatic carbocycles. The van der Waals surface area contributed by atoms with Crippen molar-refractivity contribution in [3.8, 4) is 0 Å². The highest BCUT2D eigenvalue weighted by molar-refractivity contribution is 4.82. The highest BCUT2D eigenvalue weighted by Gasteiger charge is 2.29. The Bertz CT molecular complexity index is 194. The molecule has 1 nitrogen and oxygen atoms in total. The second kappa shape index (κ2) is 7.53. The Morgan fingerprint density at radius 2 is 0.944 bits per heavy atom. The van der Waals surface area contributed by atoms with Gasteiger partial charge in [0.15, 0.2) is 0 Å². The average molecular weight is 251 g/mol. The Labute approximate surface area is 114 Å². The molecule has 1 spiro atoms. The number of likely N-dealkylation sites (tertiary alicyclic amines) is 1. The van der Waals surface area contributed by atoms with Crippen LogP contribution in [0.15, 0.2) is 0 Å². The van der Waals surface area contributed by atoms with E-state index in [1.165, 1.54) is 96.6 Å². The third-order valence-electron chi connectivity index (χ3n) is 5.41. The van der Waals surface area contributed by atoms with Gasteiger partial charge in [-0.2, -0.15) is 0 Å². The third-order valence-corrected chi connectivity index (χ3v) is 5.41. The summed E-state index contributed by atoms with van der Waals surface area (Å²) in [4.78, 5) is 2.53. The first-order valence-corrected chi connectivity index (χ1v) is 8.49. The molecule has 2 aliphatic rings. The zero-order valence-electron chi connectivity index (χ0n) is 12.6. The zero-order valence-corrected chi connectivity index (χ0v) is 12.6. The van der Waals surface area contributed by atoms with Gasteiger partial charge in [0.1, 0.15) is 0 Å². The molecule has 0 N–H and O–H groups in total. The fourth-order valence-electron chi connectivity index (χ4n) is 4.19. The molecule has 0 aromatic heterocycles. The Hall–Kier alpha value is -0.0400. The molecule has 1 saturated carbocycles. The fourth-order valence-corrected chi connectivity index (χ4v) is 4.19. The van der Waals surface area contributed by atoms with E-state index in [0.29, 0.717) is 0 Å². The van der Waals surface area contributed by atoms with E-state index in [4.69, 9.17) is 0 Å². The van der Waals surface area contributed by atoms with Gasteiger partial charge in [-0.1, -0.05) is 44.9 Å². The normalized spacial score (nSPS) is 28.5. The van der Waals surface area contributed by atoms with E-state index in [9.17, 15) is 0 Å². The van der Waals surface area contributed by atoms with Crippen LogP contribution in [0.25, 0.3) is 0 Å². The predicted octanol–water partition coefficient (Wildman–Crippen LogP) is 5.00. The van der Waals surface area contributed by atoms with E-state index in [1.807, 2.05) is 0 Å². The molecular formula is C17H33N. The van der Waals surface area contributed by atoms with Crippen molar-refractivity contribution in [1.82, 2.24) is 4.90 Å². The SMILES string of the molecule is CN1CCCC2(CCCCCCCCC2)CCC1. The molecule has 0 atom stereocenters. The van der Waals surface area contributed by atoms with E-state index in [1.54, 1.807) is 0 Å². The first-order chi connectivity index (χ1) is 8.81. The van der Waals surface area contributed by atoms with E-state index in [0.717, 1.165) is 5.41 Å². The van der Waals surface area contributed by atoms with Crippen LogP contribution >= 0.6 is 0 Å². The molecule has 0 radical (unpaired) electrons. The lowest BCUT2D eigenvalue weighted by Gasteiger charge is -2.38. The van der Waals surface area contributed by atoms with Gasteiger partial charge in [0.2, 0.25) is 0 Å². The molecule has 1 aliphatic carbocycles. The van der Waals surface area contributed by atoms with Crippen LogP contribution in [-0.2, 0) is 0 Å². The molecule has 1 heterocycles. The summed E-state index contributed by atoms with van der Waals surface area (Å²) in [7, 11) is 2.30. The van der Waals surface area contributed by atoms with Crippen LogP contribution < -0.4 is 0 Å². The van der Waals surface area contributed by atoms with Crippen LogP contribution in [0, 0.1) is 5.41 Å². The number of hydrogen-bond donors (Lipinski definition) is 0. The molecule has 0 unspecified atom stereocenters. The lowest BCUT2D eigenvalue weighted by Crippen LogP contribution is -2.30. The third kappa shape index (κ3) is 4.57. The van der Waals surface area contributed by atoms with Crippen molar-refractivity contribution in [1.29, 1.82) is 0 Å². The highest BCUT2D eigenvalue weighted by Crippen LogP contribution is 2.42. The van der Waals surface area contributed by atoms with E-state index in [-0.39, 0.29) is 0 Å². The first-order valence-electron chi connectivity index (χ1n) is 8.49. The van der Waals surface area contributed by atoms with Gasteiger partial charge in [0.25, 0.3) is 0 Å². The summed E-state index contributed by atoms with van der Waals surface area (Å²) in [5.41, 5.74) is 0.749. The van der Waals surface area contributed by atoms with Gasteiger partial charge in [0, 0.05) is 0 Å². The zero-order chi connectivity index (χ0) is 12.7. The summed E-state index contributed by atoms with van der Waals surface area (Å²) < 4.78 is 0. The quantitative estimate of drug-likeness (QED) is 0.585. The lowest BCUT2D eigenvalue weighted by molar-refractivity contribution is 0.138. The molecule has 0 bridgehead atoms. The Morgan fingerprint density at radius 1 is 0.556 bits per heavy atom. The van der Waals surface area contributed by atoms with Crippen LogP contribution in [0.4, 0.5) is 0 Å². The number of nitrogens with zero attached hydrogens (tertiary/aromatic N) is 1. The molecule has 0 amide bonds. The fraction of sp³-hybridized carbons (Fsp3) is 1.00. The van der Waals surface area contributed by atoms with Gasteiger partial charge in [-0.25, -0.2) is 0 Å². The van der Waals surface area contributed by atoms with Crippen LogP contribution in [0.5, 0.6) is 0 Å². The minimum Gasteiger partial charge on any atom is -0.306 e. The molecular weight excluding hydrogens is 218 g/mol. The summed E-state index contributed by atoms with van der Waals surface area (Å²) in [5.74, 6) is 0. The molecule has 1 heteroatoms. The smallest absolute Gasteiger partial charge is 0.00216 e. The van der Waals surface area contributed by atoms with E-state index in [2.05, 4.69) is 11.9 Å². The van der Waals surface area contributed by atoms with Crippen molar-refractivity contribution < 1.29 is 0 Å². The topological polar surface area (TPSA) is 3.24 Å². The Morgan fingerprint density at radius 3 is 1.44 bits per heavy atom. The summed E-state index contributed by atoms with van der Waals surface area (Å²) >= 11 is 0. The maximum absolute atomic E-state index is 2.53. The molecule has 2 rings (SSSR count). The van der Waals surface area contributed by atoms with Crippen LogP contribution in [0.1, 0.15) is 83.5 Å². The molecule has 0 aromatic rings. The largest absolute Gasteiger partial charge is 0.306 e. The van der Waals surface area contributed by atoms with E-state index < -0.39 is 0 Å². The lowest BCUT2D eigenvalue weighted by atomic mass is 9.70. The second-order valence-electron chi connectivity index (χ2n) is 6.99. The molecule has 106 valence electrons.